The zero-order valence-corrected chi connectivity index (χ0v) is 16.7. The van der Waals surface area contributed by atoms with Gasteiger partial charge in [0.25, 0.3) is 11.8 Å². The predicted octanol–water partition coefficient (Wildman–Crippen LogP) is 0.186. The van der Waals surface area contributed by atoms with E-state index in [1.54, 1.807) is 0 Å². The lowest BCUT2D eigenvalue weighted by Gasteiger charge is -2.28. The van der Waals surface area contributed by atoms with E-state index in [0.29, 0.717) is 17.7 Å². The molecule has 2 aromatic rings. The molecule has 0 aromatic heterocycles. The zero-order chi connectivity index (χ0) is 24.2. The maximum absolute atomic E-state index is 13.2. The monoisotopic (exact) mass is 449 g/mol. The molecule has 0 spiro atoms. The summed E-state index contributed by atoms with van der Waals surface area (Å²) < 4.78 is 0. The molecule has 0 unspecified atom stereocenters. The molecule has 0 aliphatic carbocycles. The van der Waals surface area contributed by atoms with Crippen molar-refractivity contribution in [3.63, 3.8) is 0 Å². The van der Waals surface area contributed by atoms with Crippen LogP contribution in [0.5, 0.6) is 34.5 Å². The summed E-state index contributed by atoms with van der Waals surface area (Å²) in [4.78, 5) is 39.0. The summed E-state index contributed by atoms with van der Waals surface area (Å²) in [5.74, 6) is -8.65. The lowest BCUT2D eigenvalue weighted by Crippen LogP contribution is -2.51. The largest absolute Gasteiger partial charge is 0.504 e. The Morgan fingerprint density at radius 3 is 1.44 bits per heavy atom. The molecule has 0 fully saturated rings. The normalized spacial score (nSPS) is 11.7. The molecule has 0 bridgehead atoms. The van der Waals surface area contributed by atoms with Gasteiger partial charge in [-0.2, -0.15) is 0 Å². The van der Waals surface area contributed by atoms with Crippen molar-refractivity contribution < 1.29 is 45.0 Å². The topological polar surface area (TPSA) is 228 Å². The molecule has 2 rings (SSSR count). The van der Waals surface area contributed by atoms with Crippen molar-refractivity contribution in [3.05, 3.63) is 35.4 Å². The van der Waals surface area contributed by atoms with E-state index < -0.39 is 69.4 Å². The fraction of sp³-hybridized carbons (Fsp3) is 0.250. The Hall–Kier alpha value is -4.19. The van der Waals surface area contributed by atoms with Crippen LogP contribution in [0.15, 0.2) is 24.3 Å². The van der Waals surface area contributed by atoms with E-state index >= 15 is 0 Å². The van der Waals surface area contributed by atoms with Crippen molar-refractivity contribution in [1.29, 1.82) is 0 Å². The van der Waals surface area contributed by atoms with Crippen LogP contribution in [0.3, 0.4) is 0 Å². The lowest BCUT2D eigenvalue weighted by atomic mass is 10.0. The van der Waals surface area contributed by atoms with Crippen LogP contribution in [0.25, 0.3) is 0 Å². The van der Waals surface area contributed by atoms with E-state index in [9.17, 15) is 45.0 Å². The molecule has 12 heteroatoms. The van der Waals surface area contributed by atoms with Crippen molar-refractivity contribution in [2.24, 2.45) is 11.5 Å². The molecule has 172 valence electrons. The molecule has 0 radical (unpaired) electrons. The van der Waals surface area contributed by atoms with Gasteiger partial charge in [-0.25, -0.2) is 0 Å². The predicted molar refractivity (Wildman–Crippen MR) is 109 cm³/mol. The van der Waals surface area contributed by atoms with Crippen molar-refractivity contribution in [2.75, 3.05) is 6.54 Å². The zero-order valence-electron chi connectivity index (χ0n) is 16.7. The average Bonchev–Trinajstić information content (AvgIpc) is 2.73. The second-order valence-electron chi connectivity index (χ2n) is 6.91. The Morgan fingerprint density at radius 2 is 1.12 bits per heavy atom. The fourth-order valence-electron chi connectivity index (χ4n) is 2.99. The third-order valence-corrected chi connectivity index (χ3v) is 4.64. The molecule has 12 nitrogen and oxygen atoms in total. The summed E-state index contributed by atoms with van der Waals surface area (Å²) in [6, 6.07) is 1.56. The van der Waals surface area contributed by atoms with Crippen molar-refractivity contribution in [2.45, 2.75) is 25.3 Å². The van der Waals surface area contributed by atoms with Gasteiger partial charge >= 0.3 is 0 Å². The first kappa shape index (κ1) is 24.1. The minimum atomic E-state index is -1.50. The maximum Gasteiger partial charge on any atom is 0.261 e. The summed E-state index contributed by atoms with van der Waals surface area (Å²) in [6.45, 7) is 0.271. The number of carbonyl (C=O) groups excluding carboxylic acids is 3. The van der Waals surface area contributed by atoms with E-state index in [4.69, 9.17) is 11.5 Å². The molecule has 10 N–H and O–H groups in total. The van der Waals surface area contributed by atoms with Gasteiger partial charge in [-0.05, 0) is 50.1 Å². The average molecular weight is 449 g/mol. The van der Waals surface area contributed by atoms with Crippen LogP contribution in [0.1, 0.15) is 40.0 Å². The summed E-state index contributed by atoms with van der Waals surface area (Å²) >= 11 is 0. The van der Waals surface area contributed by atoms with E-state index in [-0.39, 0.29) is 13.0 Å². The SMILES string of the molecule is NCCCC[C@H](C(N)=O)N(C(=O)c1cc(O)c(O)c(O)c1)C(=O)c1cc(O)c(O)c(O)c1. The maximum atomic E-state index is 13.2. The summed E-state index contributed by atoms with van der Waals surface area (Å²) in [5, 5.41) is 57.9. The number of primary amides is 1. The van der Waals surface area contributed by atoms with Crippen LogP contribution < -0.4 is 11.5 Å². The van der Waals surface area contributed by atoms with Gasteiger partial charge in [0, 0.05) is 11.1 Å². The van der Waals surface area contributed by atoms with Gasteiger partial charge in [0.15, 0.2) is 34.5 Å². The highest BCUT2D eigenvalue weighted by Gasteiger charge is 2.36. The van der Waals surface area contributed by atoms with Gasteiger partial charge in [-0.3, -0.25) is 19.3 Å². The first-order valence-electron chi connectivity index (χ1n) is 9.36. The minimum absolute atomic E-state index is 0.0733. The van der Waals surface area contributed by atoms with Gasteiger partial charge in [0.05, 0.1) is 0 Å². The summed E-state index contributed by atoms with van der Waals surface area (Å²) in [7, 11) is 0. The minimum Gasteiger partial charge on any atom is -0.504 e. The van der Waals surface area contributed by atoms with Crippen LogP contribution in [-0.4, -0.2) is 65.8 Å². The third kappa shape index (κ3) is 4.92. The highest BCUT2D eigenvalue weighted by Crippen LogP contribution is 2.38. The first-order chi connectivity index (χ1) is 15.0. The Bertz CT molecular complexity index is 939. The van der Waals surface area contributed by atoms with Gasteiger partial charge in [-0.1, -0.05) is 0 Å². The van der Waals surface area contributed by atoms with Gasteiger partial charge < -0.3 is 42.1 Å². The number of aromatic hydroxyl groups is 6. The molecule has 0 aliphatic rings. The molecular weight excluding hydrogens is 426 g/mol. The molecule has 0 aliphatic heterocycles. The number of hydrogen-bond acceptors (Lipinski definition) is 10. The number of carbonyl (C=O) groups is 3. The van der Waals surface area contributed by atoms with Gasteiger partial charge in [0.2, 0.25) is 5.91 Å². The fourth-order valence-corrected chi connectivity index (χ4v) is 2.99. The summed E-state index contributed by atoms with van der Waals surface area (Å²) in [5.41, 5.74) is 9.93. The van der Waals surface area contributed by atoms with Crippen molar-refractivity contribution in [3.8, 4) is 34.5 Å². The number of phenols is 6. The van der Waals surface area contributed by atoms with E-state index in [1.807, 2.05) is 0 Å². The van der Waals surface area contributed by atoms with Crippen LogP contribution >= 0.6 is 0 Å². The van der Waals surface area contributed by atoms with Crippen LogP contribution in [-0.2, 0) is 4.79 Å². The van der Waals surface area contributed by atoms with Crippen molar-refractivity contribution in [1.82, 2.24) is 4.90 Å². The molecule has 2 aromatic carbocycles. The summed E-state index contributed by atoms with van der Waals surface area (Å²) in [6.07, 6.45) is 0.678. The quantitative estimate of drug-likeness (QED) is 0.155. The second kappa shape index (κ2) is 9.75. The molecule has 0 saturated heterocycles. The number of phenolic OH excluding ortho intramolecular Hbond substituents is 6. The van der Waals surface area contributed by atoms with Crippen LogP contribution in [0, 0.1) is 0 Å². The number of unbranched alkanes of at least 4 members (excludes halogenated alkanes) is 1. The van der Waals surface area contributed by atoms with E-state index in [2.05, 4.69) is 0 Å². The standard InChI is InChI=1S/C20H23N3O9/c21-4-2-1-3-11(18(22)30)23(19(31)9-5-12(24)16(28)13(25)6-9)20(32)10-7-14(26)17(29)15(27)8-10/h5-8,11,24-29H,1-4,21H2,(H2,22,30)/t11-/m1/s1. The number of hydrogen-bond donors (Lipinski definition) is 8. The number of rotatable bonds is 8. The van der Waals surface area contributed by atoms with Crippen molar-refractivity contribution >= 4 is 17.7 Å². The number of amides is 3. The molecule has 1 atom stereocenters. The van der Waals surface area contributed by atoms with Crippen LogP contribution in [0.4, 0.5) is 0 Å². The highest BCUT2D eigenvalue weighted by molar-refractivity contribution is 6.13. The van der Waals surface area contributed by atoms with Crippen LogP contribution in [0.2, 0.25) is 0 Å². The molecule has 0 heterocycles. The van der Waals surface area contributed by atoms with E-state index in [1.165, 1.54) is 0 Å². The lowest BCUT2D eigenvalue weighted by molar-refractivity contribution is -0.122. The molecule has 3 amide bonds. The third-order valence-electron chi connectivity index (χ3n) is 4.64. The Labute approximate surface area is 181 Å². The number of nitrogens with two attached hydrogens (primary N) is 2. The van der Waals surface area contributed by atoms with E-state index in [0.717, 1.165) is 24.3 Å². The molecule has 0 saturated carbocycles. The van der Waals surface area contributed by atoms with Gasteiger partial charge in [0.1, 0.15) is 6.04 Å². The highest BCUT2D eigenvalue weighted by atomic mass is 16.3. The number of imide groups is 1. The smallest absolute Gasteiger partial charge is 0.261 e. The Kier molecular flexibility index (Phi) is 7.33. The number of nitrogens with zero attached hydrogens (tertiary/aromatic N) is 1. The molecule has 32 heavy (non-hydrogen) atoms. The number of benzene rings is 2. The Morgan fingerprint density at radius 1 is 0.750 bits per heavy atom. The second-order valence-corrected chi connectivity index (χ2v) is 6.91. The first-order valence-corrected chi connectivity index (χ1v) is 9.36. The van der Waals surface area contributed by atoms with Gasteiger partial charge in [-0.15, -0.1) is 0 Å². The molecular formula is C20H23N3O9. The Balaban J connectivity index is 2.61.